The molecule has 0 aliphatic carbocycles. The fourth-order valence-corrected chi connectivity index (χ4v) is 2.75. The predicted molar refractivity (Wildman–Crippen MR) is 90.2 cm³/mol. The Morgan fingerprint density at radius 3 is 2.12 bits per heavy atom. The molecule has 0 saturated carbocycles. The van der Waals surface area contributed by atoms with Gasteiger partial charge in [-0.05, 0) is 26.7 Å². The van der Waals surface area contributed by atoms with Gasteiger partial charge < -0.3 is 14.9 Å². The molecule has 0 radical (unpaired) electrons. The lowest BCUT2D eigenvalue weighted by Gasteiger charge is -2.29. The molecule has 2 rings (SSSR count). The summed E-state index contributed by atoms with van der Waals surface area (Å²) in [6.45, 7) is 5.09. The van der Waals surface area contributed by atoms with Gasteiger partial charge in [0, 0.05) is 19.1 Å². The number of aromatic carboxylic acids is 1. The van der Waals surface area contributed by atoms with Crippen LogP contribution in [0.25, 0.3) is 0 Å². The topological polar surface area (TPSA) is 104 Å². The van der Waals surface area contributed by atoms with Crippen LogP contribution in [0.1, 0.15) is 60.5 Å². The van der Waals surface area contributed by atoms with Crippen LogP contribution < -0.4 is 0 Å². The third kappa shape index (κ3) is 4.98. The van der Waals surface area contributed by atoms with E-state index in [1.165, 1.54) is 4.90 Å². The van der Waals surface area contributed by atoms with Crippen LogP contribution in [0.4, 0.5) is 0 Å². The van der Waals surface area contributed by atoms with Crippen molar-refractivity contribution in [2.24, 2.45) is 0 Å². The number of amides is 2. The van der Waals surface area contributed by atoms with E-state index in [0.29, 0.717) is 0 Å². The zero-order valence-electron chi connectivity index (χ0n) is 14.6. The molecule has 0 atom stereocenters. The largest absolute Gasteiger partial charge is 0.476 e. The summed E-state index contributed by atoms with van der Waals surface area (Å²) in [5, 5.41) is 8.85. The Hall–Kier alpha value is -2.51. The molecule has 25 heavy (non-hydrogen) atoms. The zero-order valence-corrected chi connectivity index (χ0v) is 14.6. The second-order valence-corrected chi connectivity index (χ2v) is 6.41. The average molecular weight is 348 g/mol. The smallest absolute Gasteiger partial charge is 0.356 e. The van der Waals surface area contributed by atoms with Gasteiger partial charge in [0.15, 0.2) is 5.69 Å². The first kappa shape index (κ1) is 18.8. The zero-order chi connectivity index (χ0) is 18.4. The molecule has 8 heteroatoms. The normalized spacial score (nSPS) is 14.9. The Morgan fingerprint density at radius 1 is 1.08 bits per heavy atom. The summed E-state index contributed by atoms with van der Waals surface area (Å²) in [7, 11) is 0. The molecular weight excluding hydrogens is 324 g/mol. The van der Waals surface area contributed by atoms with E-state index >= 15 is 0 Å². The van der Waals surface area contributed by atoms with E-state index in [1.54, 1.807) is 0 Å². The highest BCUT2D eigenvalue weighted by atomic mass is 16.4. The highest BCUT2D eigenvalue weighted by Crippen LogP contribution is 2.12. The van der Waals surface area contributed by atoms with Crippen molar-refractivity contribution in [1.82, 2.24) is 19.8 Å². The summed E-state index contributed by atoms with van der Waals surface area (Å²) in [6, 6.07) is -0.190. The van der Waals surface area contributed by atoms with Crippen LogP contribution >= 0.6 is 0 Å². The molecule has 1 fully saturated rings. The Morgan fingerprint density at radius 2 is 1.64 bits per heavy atom. The average Bonchev–Trinajstić information content (AvgIpc) is 2.88. The third-order valence-corrected chi connectivity index (χ3v) is 4.24. The molecule has 0 bridgehead atoms. The second-order valence-electron chi connectivity index (χ2n) is 6.41. The number of aromatic nitrogens is 2. The van der Waals surface area contributed by atoms with E-state index in [-0.39, 0.29) is 29.9 Å². The Balaban J connectivity index is 2.09. The molecule has 136 valence electrons. The minimum Gasteiger partial charge on any atom is -0.476 e. The molecule has 1 aromatic heterocycles. The van der Waals surface area contributed by atoms with Crippen molar-refractivity contribution in [2.45, 2.75) is 45.6 Å². The highest BCUT2D eigenvalue weighted by molar-refractivity contribution is 5.95. The number of likely N-dealkylation sites (tertiary alicyclic amines) is 1. The van der Waals surface area contributed by atoms with Gasteiger partial charge in [0.25, 0.3) is 5.91 Å². The number of hydrogen-bond donors (Lipinski definition) is 1. The second kappa shape index (κ2) is 8.55. The van der Waals surface area contributed by atoms with Crippen molar-refractivity contribution in [2.75, 3.05) is 19.6 Å². The van der Waals surface area contributed by atoms with Crippen LogP contribution in [0, 0.1) is 0 Å². The SMILES string of the molecule is CC(C)N(CC(=O)N1CCCCCC1)C(=O)c1cnc(C(=O)O)cn1. The van der Waals surface area contributed by atoms with Crippen molar-refractivity contribution < 1.29 is 19.5 Å². The van der Waals surface area contributed by atoms with E-state index in [2.05, 4.69) is 9.97 Å². The lowest BCUT2D eigenvalue weighted by Crippen LogP contribution is -2.46. The minimum absolute atomic E-state index is 0.0150. The number of carbonyl (C=O) groups excluding carboxylic acids is 2. The number of carboxylic acid groups (broad SMARTS) is 1. The van der Waals surface area contributed by atoms with Crippen LogP contribution in [0.15, 0.2) is 12.4 Å². The first-order chi connectivity index (χ1) is 11.9. The van der Waals surface area contributed by atoms with Gasteiger partial charge in [-0.25, -0.2) is 14.8 Å². The van der Waals surface area contributed by atoms with Crippen LogP contribution in [0.3, 0.4) is 0 Å². The van der Waals surface area contributed by atoms with E-state index in [9.17, 15) is 14.4 Å². The van der Waals surface area contributed by atoms with E-state index < -0.39 is 11.9 Å². The van der Waals surface area contributed by atoms with Gasteiger partial charge in [0.1, 0.15) is 12.2 Å². The molecule has 1 aliphatic rings. The van der Waals surface area contributed by atoms with Crippen LogP contribution in [0.2, 0.25) is 0 Å². The molecule has 1 aromatic rings. The first-order valence-electron chi connectivity index (χ1n) is 8.54. The number of carboxylic acids is 1. The van der Waals surface area contributed by atoms with Gasteiger partial charge in [-0.1, -0.05) is 12.8 Å². The molecule has 8 nitrogen and oxygen atoms in total. The quantitative estimate of drug-likeness (QED) is 0.863. The number of rotatable bonds is 5. The lowest BCUT2D eigenvalue weighted by molar-refractivity contribution is -0.132. The number of hydrogen-bond acceptors (Lipinski definition) is 5. The summed E-state index contributed by atoms with van der Waals surface area (Å²) in [5.74, 6) is -1.70. The Labute approximate surface area is 146 Å². The standard InChI is InChI=1S/C17H24N4O4/c1-12(2)21(11-15(22)20-7-5-3-4-6-8-20)16(23)13-9-19-14(10-18-13)17(24)25/h9-10,12H,3-8,11H2,1-2H3,(H,24,25). The molecule has 2 amide bonds. The van der Waals surface area contributed by atoms with Crippen molar-refractivity contribution in [3.05, 3.63) is 23.8 Å². The van der Waals surface area contributed by atoms with E-state index in [0.717, 1.165) is 51.2 Å². The molecular formula is C17H24N4O4. The molecule has 1 saturated heterocycles. The fourth-order valence-electron chi connectivity index (χ4n) is 2.75. The first-order valence-corrected chi connectivity index (χ1v) is 8.54. The molecule has 1 aliphatic heterocycles. The van der Waals surface area contributed by atoms with Crippen LogP contribution in [0.5, 0.6) is 0 Å². The van der Waals surface area contributed by atoms with Crippen molar-refractivity contribution >= 4 is 17.8 Å². The van der Waals surface area contributed by atoms with Gasteiger partial charge in [0.2, 0.25) is 5.91 Å². The van der Waals surface area contributed by atoms with Crippen LogP contribution in [-0.4, -0.2) is 68.3 Å². The summed E-state index contributed by atoms with van der Waals surface area (Å²) in [4.78, 5) is 46.9. The van der Waals surface area contributed by atoms with Crippen LogP contribution in [-0.2, 0) is 4.79 Å². The number of nitrogens with zero attached hydrogens (tertiary/aromatic N) is 4. The van der Waals surface area contributed by atoms with Crippen molar-refractivity contribution in [3.63, 3.8) is 0 Å². The maximum Gasteiger partial charge on any atom is 0.356 e. The highest BCUT2D eigenvalue weighted by Gasteiger charge is 2.26. The van der Waals surface area contributed by atoms with E-state index in [1.807, 2.05) is 18.7 Å². The summed E-state index contributed by atoms with van der Waals surface area (Å²) in [5.41, 5.74) is -0.198. The lowest BCUT2D eigenvalue weighted by atomic mass is 10.2. The maximum atomic E-state index is 12.7. The summed E-state index contributed by atoms with van der Waals surface area (Å²) < 4.78 is 0. The van der Waals surface area contributed by atoms with Gasteiger partial charge in [0.05, 0.1) is 12.4 Å². The molecule has 0 unspecified atom stereocenters. The van der Waals surface area contributed by atoms with Gasteiger partial charge >= 0.3 is 5.97 Å². The van der Waals surface area contributed by atoms with Gasteiger partial charge in [-0.2, -0.15) is 0 Å². The summed E-state index contributed by atoms with van der Waals surface area (Å²) >= 11 is 0. The molecule has 0 spiro atoms. The monoisotopic (exact) mass is 348 g/mol. The van der Waals surface area contributed by atoms with Crippen molar-refractivity contribution in [3.8, 4) is 0 Å². The summed E-state index contributed by atoms with van der Waals surface area (Å²) in [6.07, 6.45) is 6.42. The van der Waals surface area contributed by atoms with Gasteiger partial charge in [-0.15, -0.1) is 0 Å². The fraction of sp³-hybridized carbons (Fsp3) is 0.588. The third-order valence-electron chi connectivity index (χ3n) is 4.24. The number of carbonyl (C=O) groups is 3. The van der Waals surface area contributed by atoms with Gasteiger partial charge in [-0.3, -0.25) is 9.59 Å². The van der Waals surface area contributed by atoms with Crippen molar-refractivity contribution in [1.29, 1.82) is 0 Å². The predicted octanol–water partition coefficient (Wildman–Crippen LogP) is 1.43. The molecule has 0 aromatic carbocycles. The van der Waals surface area contributed by atoms with E-state index in [4.69, 9.17) is 5.11 Å². The molecule has 2 heterocycles. The Kier molecular flexibility index (Phi) is 6.44. The Bertz CT molecular complexity index is 622. The minimum atomic E-state index is -1.21. The molecule has 1 N–H and O–H groups in total. The maximum absolute atomic E-state index is 12.7.